The van der Waals surface area contributed by atoms with Gasteiger partial charge in [0, 0.05) is 24.7 Å². The second-order valence-corrected chi connectivity index (χ2v) is 7.01. The van der Waals surface area contributed by atoms with Crippen LogP contribution in [0.4, 0.5) is 0 Å². The average Bonchev–Trinajstić information content (AvgIpc) is 2.60. The molecule has 0 N–H and O–H groups in total. The van der Waals surface area contributed by atoms with Gasteiger partial charge in [-0.3, -0.25) is 4.90 Å². The van der Waals surface area contributed by atoms with Gasteiger partial charge in [-0.25, -0.2) is 0 Å². The van der Waals surface area contributed by atoms with Crippen LogP contribution in [-0.4, -0.2) is 25.7 Å². The minimum atomic E-state index is 0.485. The normalized spacial score (nSPS) is 19.2. The molecule has 0 spiro atoms. The highest BCUT2D eigenvalue weighted by Crippen LogP contribution is 2.44. The van der Waals surface area contributed by atoms with Crippen LogP contribution in [0.15, 0.2) is 24.3 Å². The van der Waals surface area contributed by atoms with Crippen LogP contribution >= 0.6 is 0 Å². The predicted molar refractivity (Wildman–Crippen MR) is 96.0 cm³/mol. The van der Waals surface area contributed by atoms with Crippen molar-refractivity contribution < 1.29 is 9.47 Å². The fourth-order valence-electron chi connectivity index (χ4n) is 4.28. The fraction of sp³-hybridized carbons (Fsp3) is 0.429. The topological polar surface area (TPSA) is 21.7 Å². The van der Waals surface area contributed by atoms with E-state index in [1.54, 1.807) is 14.2 Å². The Morgan fingerprint density at radius 3 is 2.54 bits per heavy atom. The first kappa shape index (κ1) is 15.5. The summed E-state index contributed by atoms with van der Waals surface area (Å²) in [5.74, 6) is 1.73. The summed E-state index contributed by atoms with van der Waals surface area (Å²) in [6.07, 6.45) is 2.18. The second kappa shape index (κ2) is 5.82. The molecular weight excluding hydrogens is 298 g/mol. The second-order valence-electron chi connectivity index (χ2n) is 7.01. The van der Waals surface area contributed by atoms with E-state index in [2.05, 4.69) is 36.9 Å². The molecule has 0 amide bonds. The highest BCUT2D eigenvalue weighted by molar-refractivity contribution is 5.53. The third-order valence-corrected chi connectivity index (χ3v) is 5.74. The van der Waals surface area contributed by atoms with Crippen LogP contribution in [0.3, 0.4) is 0 Å². The third kappa shape index (κ3) is 2.30. The van der Waals surface area contributed by atoms with Gasteiger partial charge in [0.15, 0.2) is 11.5 Å². The quantitative estimate of drug-likeness (QED) is 0.834. The van der Waals surface area contributed by atoms with E-state index in [0.29, 0.717) is 6.04 Å². The van der Waals surface area contributed by atoms with Crippen LogP contribution < -0.4 is 9.47 Å². The van der Waals surface area contributed by atoms with Crippen molar-refractivity contribution in [3.8, 4) is 11.5 Å². The lowest BCUT2D eigenvalue weighted by Crippen LogP contribution is -2.39. The number of ether oxygens (including phenoxy) is 2. The Morgan fingerprint density at radius 2 is 1.79 bits per heavy atom. The molecule has 0 bridgehead atoms. The van der Waals surface area contributed by atoms with Crippen LogP contribution in [0.25, 0.3) is 0 Å². The Kier molecular flexibility index (Phi) is 3.76. The Morgan fingerprint density at radius 1 is 1.00 bits per heavy atom. The molecule has 1 atom stereocenters. The highest BCUT2D eigenvalue weighted by Gasteiger charge is 2.34. The Hall–Kier alpha value is -2.00. The molecule has 24 heavy (non-hydrogen) atoms. The molecule has 2 aromatic carbocycles. The first-order valence-electron chi connectivity index (χ1n) is 8.69. The first-order chi connectivity index (χ1) is 11.6. The molecule has 0 aliphatic carbocycles. The van der Waals surface area contributed by atoms with Crippen molar-refractivity contribution in [3.05, 3.63) is 57.6 Å². The summed E-state index contributed by atoms with van der Waals surface area (Å²) in [7, 11) is 3.44. The number of hydrogen-bond acceptors (Lipinski definition) is 3. The molecule has 2 aromatic rings. The molecule has 3 heteroatoms. The summed E-state index contributed by atoms with van der Waals surface area (Å²) in [4.78, 5) is 2.60. The number of rotatable bonds is 2. The van der Waals surface area contributed by atoms with E-state index in [-0.39, 0.29) is 0 Å². The monoisotopic (exact) mass is 323 g/mol. The van der Waals surface area contributed by atoms with Gasteiger partial charge in [-0.15, -0.1) is 0 Å². The van der Waals surface area contributed by atoms with Crippen molar-refractivity contribution in [2.24, 2.45) is 0 Å². The molecule has 3 nitrogen and oxygen atoms in total. The SMILES string of the molecule is COc1ccc2c(c1OC)CN1CCc3cc(C)c(C)cc3[C@H]1C2. The summed E-state index contributed by atoms with van der Waals surface area (Å²) in [6, 6.07) is 9.54. The van der Waals surface area contributed by atoms with Gasteiger partial charge < -0.3 is 9.47 Å². The molecular formula is C21H25NO2. The predicted octanol–water partition coefficient (Wildman–Crippen LogP) is 3.98. The minimum Gasteiger partial charge on any atom is -0.493 e. The van der Waals surface area contributed by atoms with Crippen molar-refractivity contribution in [2.75, 3.05) is 20.8 Å². The summed E-state index contributed by atoms with van der Waals surface area (Å²) >= 11 is 0. The van der Waals surface area contributed by atoms with Crippen molar-refractivity contribution in [1.82, 2.24) is 4.90 Å². The Balaban J connectivity index is 1.78. The maximum Gasteiger partial charge on any atom is 0.165 e. The van der Waals surface area contributed by atoms with Gasteiger partial charge >= 0.3 is 0 Å². The van der Waals surface area contributed by atoms with Gasteiger partial charge in [0.1, 0.15) is 0 Å². The van der Waals surface area contributed by atoms with Crippen LogP contribution in [0.2, 0.25) is 0 Å². The maximum atomic E-state index is 5.67. The smallest absolute Gasteiger partial charge is 0.165 e. The van der Waals surface area contributed by atoms with Crippen molar-refractivity contribution in [2.45, 2.75) is 39.3 Å². The van der Waals surface area contributed by atoms with E-state index in [1.165, 1.54) is 33.4 Å². The van der Waals surface area contributed by atoms with Crippen LogP contribution in [0.5, 0.6) is 11.5 Å². The highest BCUT2D eigenvalue weighted by atomic mass is 16.5. The molecule has 0 radical (unpaired) electrons. The maximum absolute atomic E-state index is 5.67. The molecule has 2 heterocycles. The molecule has 0 unspecified atom stereocenters. The Labute approximate surface area is 144 Å². The largest absolute Gasteiger partial charge is 0.493 e. The zero-order valence-electron chi connectivity index (χ0n) is 15.0. The Bertz CT molecular complexity index is 797. The van der Waals surface area contributed by atoms with E-state index in [4.69, 9.17) is 9.47 Å². The lowest BCUT2D eigenvalue weighted by molar-refractivity contribution is 0.157. The van der Waals surface area contributed by atoms with Crippen LogP contribution in [0, 0.1) is 13.8 Å². The molecule has 2 aliphatic heterocycles. The number of methoxy groups -OCH3 is 2. The van der Waals surface area contributed by atoms with Gasteiger partial charge in [0.05, 0.1) is 14.2 Å². The van der Waals surface area contributed by atoms with E-state index in [0.717, 1.165) is 37.4 Å². The minimum absolute atomic E-state index is 0.485. The van der Waals surface area contributed by atoms with Crippen LogP contribution in [-0.2, 0) is 19.4 Å². The summed E-state index contributed by atoms with van der Waals surface area (Å²) in [5, 5.41) is 0. The summed E-state index contributed by atoms with van der Waals surface area (Å²) in [5.41, 5.74) is 8.53. The molecule has 2 aliphatic rings. The van der Waals surface area contributed by atoms with Crippen molar-refractivity contribution in [3.63, 3.8) is 0 Å². The number of nitrogens with zero attached hydrogens (tertiary/aromatic N) is 1. The molecule has 0 saturated carbocycles. The number of aryl methyl sites for hydroxylation is 2. The van der Waals surface area contributed by atoms with Crippen LogP contribution in [0.1, 0.15) is 39.4 Å². The summed E-state index contributed by atoms with van der Waals surface area (Å²) < 4.78 is 11.1. The fourth-order valence-corrected chi connectivity index (χ4v) is 4.28. The molecule has 126 valence electrons. The average molecular weight is 323 g/mol. The van der Waals surface area contributed by atoms with Gasteiger partial charge in [-0.2, -0.15) is 0 Å². The van der Waals surface area contributed by atoms with E-state index < -0.39 is 0 Å². The van der Waals surface area contributed by atoms with Gasteiger partial charge in [-0.1, -0.05) is 18.2 Å². The zero-order valence-corrected chi connectivity index (χ0v) is 15.0. The van der Waals surface area contributed by atoms with Crippen molar-refractivity contribution in [1.29, 1.82) is 0 Å². The standard InChI is InChI=1S/C21H25NO2/c1-13-9-16-7-8-22-12-18-15(5-6-20(23-3)21(18)24-4)11-19(22)17(16)10-14(13)2/h5-6,9-10,19H,7-8,11-12H2,1-4H3/t19-/m1/s1. The molecule has 4 rings (SSSR count). The molecule has 0 fully saturated rings. The zero-order chi connectivity index (χ0) is 16.8. The number of fused-ring (bicyclic) bond motifs is 4. The first-order valence-corrected chi connectivity index (χ1v) is 8.69. The molecule has 0 aromatic heterocycles. The van der Waals surface area contributed by atoms with Gasteiger partial charge in [0.25, 0.3) is 0 Å². The lowest BCUT2D eigenvalue weighted by Gasteiger charge is -2.42. The molecule has 0 saturated heterocycles. The van der Waals surface area contributed by atoms with Gasteiger partial charge in [0.2, 0.25) is 0 Å². The van der Waals surface area contributed by atoms with E-state index >= 15 is 0 Å². The van der Waals surface area contributed by atoms with Gasteiger partial charge in [-0.05, 0) is 60.6 Å². The lowest BCUT2D eigenvalue weighted by atomic mass is 9.82. The third-order valence-electron chi connectivity index (χ3n) is 5.74. The van der Waals surface area contributed by atoms with Crippen molar-refractivity contribution >= 4 is 0 Å². The van der Waals surface area contributed by atoms with E-state index in [9.17, 15) is 0 Å². The number of benzene rings is 2. The summed E-state index contributed by atoms with van der Waals surface area (Å²) in [6.45, 7) is 6.49. The number of hydrogen-bond donors (Lipinski definition) is 0. The van der Waals surface area contributed by atoms with E-state index in [1.807, 2.05) is 6.07 Å².